The van der Waals surface area contributed by atoms with E-state index in [9.17, 15) is 0 Å². The van der Waals surface area contributed by atoms with Crippen LogP contribution in [-0.4, -0.2) is 0 Å². The molecule has 0 fully saturated rings. The van der Waals surface area contributed by atoms with E-state index >= 15 is 0 Å². The Morgan fingerprint density at radius 1 is 0.857 bits per heavy atom. The van der Waals surface area contributed by atoms with Crippen LogP contribution in [0.2, 0.25) is 3.12 Å². The average molecular weight is 580 g/mol. The molecule has 0 aromatic heterocycles. The Kier molecular flexibility index (Phi) is 7.61. The number of halogens is 2. The van der Waals surface area contributed by atoms with Crippen LogP contribution in [0.15, 0.2) is 64.3 Å². The van der Waals surface area contributed by atoms with Crippen LogP contribution in [0.5, 0.6) is 0 Å². The maximum Gasteiger partial charge on any atom is -1.00 e. The van der Waals surface area contributed by atoms with Gasteiger partial charge in [-0.25, -0.2) is 0 Å². The van der Waals surface area contributed by atoms with Crippen molar-refractivity contribution in [3.63, 3.8) is 0 Å². The first-order valence-electron chi connectivity index (χ1n) is 9.76. The summed E-state index contributed by atoms with van der Waals surface area (Å²) in [7, 11) is 0. The fraction of sp³-hybridized carbons (Fsp3) is 0.360. The predicted molar refractivity (Wildman–Crippen MR) is 110 cm³/mol. The van der Waals surface area contributed by atoms with Crippen molar-refractivity contribution in [2.75, 3.05) is 0 Å². The summed E-state index contributed by atoms with van der Waals surface area (Å²) < 4.78 is 2.13. The molecular weight excluding hydrogens is 551 g/mol. The van der Waals surface area contributed by atoms with Crippen LogP contribution in [0.25, 0.3) is 14.1 Å². The van der Waals surface area contributed by atoms with Gasteiger partial charge in [0.1, 0.15) is 0 Å². The maximum absolute atomic E-state index is 2.41. The standard InChI is InChI=1S/C14H11.C11H17.2BrH.Zr/c1-10-8-12-7-6-11-4-2-3-5-13(11)14(12)9-10;1-6-11-9(4)7(2)8(3)10(11)5;;;/h2-7H,8H2,1H3;6H2,1-5H3;2*1H;/q;;;;+2/p-2. The van der Waals surface area contributed by atoms with Crippen molar-refractivity contribution in [3.05, 3.63) is 75.4 Å². The molecule has 0 saturated heterocycles. The minimum atomic E-state index is -0.845. The molecule has 2 aromatic carbocycles. The molecule has 2 aromatic rings. The molecule has 0 N–H and O–H groups in total. The van der Waals surface area contributed by atoms with E-state index in [0.29, 0.717) is 3.12 Å². The fourth-order valence-electron chi connectivity index (χ4n) is 5.02. The van der Waals surface area contributed by atoms with E-state index in [4.69, 9.17) is 0 Å². The molecule has 0 saturated carbocycles. The normalized spacial score (nSPS) is 17.5. The Morgan fingerprint density at radius 2 is 1.46 bits per heavy atom. The third-order valence-corrected chi connectivity index (χ3v) is 13.0. The SMILES string of the molecule is CC[C]1([Zr+2][C]2=C(C)Cc3ccc4ccccc4c32)C(C)=C(C)C(C)=C1C.[Br-].[Br-]. The number of benzene rings is 2. The molecule has 4 rings (SSSR count). The van der Waals surface area contributed by atoms with Gasteiger partial charge in [0.15, 0.2) is 0 Å². The number of fused-ring (bicyclic) bond motifs is 3. The largest absolute Gasteiger partial charge is 1.00 e. The van der Waals surface area contributed by atoms with Crippen LogP contribution in [0.3, 0.4) is 0 Å². The van der Waals surface area contributed by atoms with Gasteiger partial charge in [0.25, 0.3) is 0 Å². The first-order valence-corrected chi connectivity index (χ1v) is 12.2. The smallest absolute Gasteiger partial charge is 1.00 e. The Labute approximate surface area is 202 Å². The van der Waals surface area contributed by atoms with Gasteiger partial charge in [-0.05, 0) is 0 Å². The van der Waals surface area contributed by atoms with Crippen molar-refractivity contribution >= 4 is 14.1 Å². The first-order chi connectivity index (χ1) is 12.4. The zero-order chi connectivity index (χ0) is 18.6. The molecule has 0 unspecified atom stereocenters. The summed E-state index contributed by atoms with van der Waals surface area (Å²) in [5, 5.41) is 2.86. The van der Waals surface area contributed by atoms with E-state index in [1.165, 1.54) is 17.2 Å². The summed E-state index contributed by atoms with van der Waals surface area (Å²) in [5.41, 5.74) is 11.2. The third-order valence-electron chi connectivity index (χ3n) is 6.98. The molecule has 2 aliphatic carbocycles. The average Bonchev–Trinajstić information content (AvgIpc) is 3.05. The number of hydrogen-bond donors (Lipinski definition) is 0. The molecule has 0 spiro atoms. The van der Waals surface area contributed by atoms with E-state index < -0.39 is 23.2 Å². The van der Waals surface area contributed by atoms with Crippen molar-refractivity contribution in [2.24, 2.45) is 0 Å². The van der Waals surface area contributed by atoms with Crippen LogP contribution in [-0.2, 0) is 29.7 Å². The van der Waals surface area contributed by atoms with Gasteiger partial charge in [-0.2, -0.15) is 0 Å². The minimum absolute atomic E-state index is 0. The van der Waals surface area contributed by atoms with Gasteiger partial charge in [-0.1, -0.05) is 0 Å². The zero-order valence-electron chi connectivity index (χ0n) is 17.6. The summed E-state index contributed by atoms with van der Waals surface area (Å²) in [6, 6.07) is 13.7. The van der Waals surface area contributed by atoms with Crippen LogP contribution >= 0.6 is 0 Å². The van der Waals surface area contributed by atoms with Gasteiger partial charge < -0.3 is 34.0 Å². The molecular formula is C25H28Br2Zr. The van der Waals surface area contributed by atoms with Gasteiger partial charge in [-0.15, -0.1) is 0 Å². The Hall–Kier alpha value is -0.237. The fourth-order valence-corrected chi connectivity index (χ4v) is 10.1. The topological polar surface area (TPSA) is 0 Å². The van der Waals surface area contributed by atoms with Gasteiger partial charge in [0.2, 0.25) is 0 Å². The second-order valence-electron chi connectivity index (χ2n) is 8.04. The van der Waals surface area contributed by atoms with Crippen LogP contribution in [0, 0.1) is 0 Å². The Balaban J connectivity index is 0.00000140. The van der Waals surface area contributed by atoms with Crippen LogP contribution < -0.4 is 34.0 Å². The third kappa shape index (κ3) is 3.44. The molecule has 146 valence electrons. The molecule has 0 bridgehead atoms. The molecule has 0 atom stereocenters. The molecule has 0 aliphatic heterocycles. The van der Waals surface area contributed by atoms with E-state index in [1.54, 1.807) is 42.3 Å². The number of hydrogen-bond acceptors (Lipinski definition) is 0. The Morgan fingerprint density at radius 3 is 2.07 bits per heavy atom. The van der Waals surface area contributed by atoms with Crippen molar-refractivity contribution in [1.29, 1.82) is 0 Å². The van der Waals surface area contributed by atoms with E-state index in [0.717, 1.165) is 6.42 Å². The van der Waals surface area contributed by atoms with E-state index in [-0.39, 0.29) is 34.0 Å². The Bertz CT molecular complexity index is 1000. The summed E-state index contributed by atoms with van der Waals surface area (Å²) in [5.74, 6) is 0. The molecule has 0 radical (unpaired) electrons. The number of rotatable bonds is 3. The monoisotopic (exact) mass is 576 g/mol. The van der Waals surface area contributed by atoms with Crippen LogP contribution in [0.4, 0.5) is 0 Å². The summed E-state index contributed by atoms with van der Waals surface area (Å²) >= 11 is -0.845. The summed E-state index contributed by atoms with van der Waals surface area (Å²) in [6.45, 7) is 14.3. The van der Waals surface area contributed by atoms with Gasteiger partial charge >= 0.3 is 170 Å². The molecule has 0 amide bonds. The van der Waals surface area contributed by atoms with Crippen molar-refractivity contribution in [3.8, 4) is 0 Å². The van der Waals surface area contributed by atoms with Gasteiger partial charge in [0, 0.05) is 0 Å². The molecule has 0 heterocycles. The molecule has 28 heavy (non-hydrogen) atoms. The second kappa shape index (κ2) is 8.87. The van der Waals surface area contributed by atoms with Gasteiger partial charge in [-0.3, -0.25) is 0 Å². The van der Waals surface area contributed by atoms with E-state index in [1.807, 2.05) is 0 Å². The van der Waals surface area contributed by atoms with E-state index in [2.05, 4.69) is 77.9 Å². The minimum Gasteiger partial charge on any atom is -1.00 e. The summed E-state index contributed by atoms with van der Waals surface area (Å²) in [6.07, 6.45) is 2.40. The molecule has 3 heteroatoms. The summed E-state index contributed by atoms with van der Waals surface area (Å²) in [4.78, 5) is 0. The quantitative estimate of drug-likeness (QED) is 0.517. The number of allylic oxidation sites excluding steroid dienone is 5. The zero-order valence-corrected chi connectivity index (χ0v) is 23.3. The predicted octanol–water partition coefficient (Wildman–Crippen LogP) is 1.47. The maximum atomic E-state index is 2.41. The van der Waals surface area contributed by atoms with Gasteiger partial charge in [0.05, 0.1) is 0 Å². The van der Waals surface area contributed by atoms with Crippen LogP contribution in [0.1, 0.15) is 59.1 Å². The van der Waals surface area contributed by atoms with Crippen molar-refractivity contribution < 1.29 is 57.2 Å². The van der Waals surface area contributed by atoms with Crippen molar-refractivity contribution in [1.82, 2.24) is 0 Å². The van der Waals surface area contributed by atoms with Crippen molar-refractivity contribution in [2.45, 2.75) is 57.5 Å². The molecule has 0 nitrogen and oxygen atoms in total. The molecule has 2 aliphatic rings. The first kappa shape index (κ1) is 24.0. The second-order valence-corrected chi connectivity index (χ2v) is 12.0.